The zero-order valence-electron chi connectivity index (χ0n) is 10.9. The number of nitrogens with zero attached hydrogens (tertiary/aromatic N) is 1. The molecule has 0 amide bonds. The van der Waals surface area contributed by atoms with Gasteiger partial charge in [-0.2, -0.15) is 5.26 Å². The van der Waals surface area contributed by atoms with Gasteiger partial charge in [0.2, 0.25) is 0 Å². The molecular weight excluding hydrogens is 290 g/mol. The molecule has 3 heteroatoms. The van der Waals surface area contributed by atoms with Crippen LogP contribution in [0.4, 0.5) is 0 Å². The van der Waals surface area contributed by atoms with E-state index in [2.05, 4.69) is 28.9 Å². The summed E-state index contributed by atoms with van der Waals surface area (Å²) in [7, 11) is 0. The zero-order valence-corrected chi connectivity index (χ0v) is 12.4. The summed E-state index contributed by atoms with van der Waals surface area (Å²) < 4.78 is 0. The minimum absolute atomic E-state index is 0.0315. The van der Waals surface area contributed by atoms with Gasteiger partial charge in [0, 0.05) is 6.42 Å². The predicted molar refractivity (Wildman–Crippen MR) is 77.4 cm³/mol. The summed E-state index contributed by atoms with van der Waals surface area (Å²) in [5, 5.41) is 9.34. The molecule has 0 aromatic carbocycles. The molecule has 1 aliphatic carbocycles. The van der Waals surface area contributed by atoms with Crippen LogP contribution in [0.5, 0.6) is 0 Å². The molecule has 0 spiro atoms. The summed E-state index contributed by atoms with van der Waals surface area (Å²) in [5.74, 6) is 0.0315. The lowest BCUT2D eigenvalue weighted by atomic mass is 9.77. The lowest BCUT2D eigenvalue weighted by Crippen LogP contribution is -2.36. The third-order valence-corrected chi connectivity index (χ3v) is 4.37. The predicted octanol–water partition coefficient (Wildman–Crippen LogP) is 4.32. The molecule has 98 valence electrons. The molecule has 0 saturated heterocycles. The topological polar surface area (TPSA) is 40.9 Å². The van der Waals surface area contributed by atoms with Crippen molar-refractivity contribution in [1.29, 1.82) is 5.26 Å². The van der Waals surface area contributed by atoms with E-state index in [-0.39, 0.29) is 10.6 Å². The highest BCUT2D eigenvalue weighted by Crippen LogP contribution is 2.35. The first kappa shape index (κ1) is 15.2. The molecule has 2 unspecified atom stereocenters. The molecule has 0 radical (unpaired) electrons. The molecule has 0 heterocycles. The number of unbranched alkanes of at least 4 members (excludes halogenated alkanes) is 4. The van der Waals surface area contributed by atoms with Crippen molar-refractivity contribution in [3.8, 4) is 6.07 Å². The van der Waals surface area contributed by atoms with Gasteiger partial charge in [0.1, 0.15) is 5.41 Å². The summed E-state index contributed by atoms with van der Waals surface area (Å²) in [4.78, 5) is 12.1. The van der Waals surface area contributed by atoms with Crippen molar-refractivity contribution in [2.75, 3.05) is 0 Å². The van der Waals surface area contributed by atoms with Crippen molar-refractivity contribution in [1.82, 2.24) is 0 Å². The summed E-state index contributed by atoms with van der Waals surface area (Å²) >= 11 is 3.43. The molecule has 2 nitrogen and oxygen atoms in total. The fraction of sp³-hybridized carbons (Fsp3) is 0.600. The maximum absolute atomic E-state index is 12.3. The number of alkyl halides is 1. The van der Waals surface area contributed by atoms with Crippen molar-refractivity contribution in [2.45, 2.75) is 50.3 Å². The van der Waals surface area contributed by atoms with Crippen molar-refractivity contribution < 1.29 is 4.79 Å². The van der Waals surface area contributed by atoms with Gasteiger partial charge in [0.15, 0.2) is 5.78 Å². The van der Waals surface area contributed by atoms with Crippen LogP contribution < -0.4 is 0 Å². The molecule has 2 atom stereocenters. The Hall–Kier alpha value is -0.880. The second-order valence-corrected chi connectivity index (χ2v) is 5.70. The molecule has 1 rings (SSSR count). The number of hydrogen-bond donors (Lipinski definition) is 0. The Bertz CT molecular complexity index is 380. The lowest BCUT2D eigenvalue weighted by Gasteiger charge is -2.26. The van der Waals surface area contributed by atoms with Gasteiger partial charge in [0.25, 0.3) is 0 Å². The number of halogens is 1. The number of rotatable bonds is 7. The van der Waals surface area contributed by atoms with Crippen LogP contribution in [0.1, 0.15) is 45.4 Å². The second-order valence-electron chi connectivity index (χ2n) is 4.71. The number of nitriles is 1. The van der Waals surface area contributed by atoms with Gasteiger partial charge in [-0.15, -0.1) is 0 Å². The van der Waals surface area contributed by atoms with Gasteiger partial charge in [-0.3, -0.25) is 4.79 Å². The number of hydrogen-bond acceptors (Lipinski definition) is 2. The minimum Gasteiger partial charge on any atom is -0.297 e. The lowest BCUT2D eigenvalue weighted by molar-refractivity contribution is -0.123. The number of allylic oxidation sites excluding steroid dienone is 4. The molecule has 0 N–H and O–H groups in total. The van der Waals surface area contributed by atoms with Gasteiger partial charge >= 0.3 is 0 Å². The van der Waals surface area contributed by atoms with E-state index >= 15 is 0 Å². The molecule has 0 saturated carbocycles. The van der Waals surface area contributed by atoms with Crippen LogP contribution in [0.2, 0.25) is 0 Å². The quantitative estimate of drug-likeness (QED) is 0.519. The summed E-state index contributed by atoms with van der Waals surface area (Å²) in [6.45, 7) is 2.17. The van der Waals surface area contributed by atoms with Crippen LogP contribution >= 0.6 is 15.9 Å². The minimum atomic E-state index is -1.00. The average molecular weight is 310 g/mol. The van der Waals surface area contributed by atoms with Crippen molar-refractivity contribution in [2.24, 2.45) is 5.41 Å². The molecule has 0 fully saturated rings. The maximum atomic E-state index is 12.3. The van der Waals surface area contributed by atoms with Crippen LogP contribution in [-0.2, 0) is 4.79 Å². The van der Waals surface area contributed by atoms with Gasteiger partial charge in [0.05, 0.1) is 10.9 Å². The Kier molecular flexibility index (Phi) is 6.35. The Morgan fingerprint density at radius 2 is 2.06 bits per heavy atom. The van der Waals surface area contributed by atoms with Gasteiger partial charge in [-0.1, -0.05) is 72.8 Å². The van der Waals surface area contributed by atoms with E-state index in [0.717, 1.165) is 12.8 Å². The Morgan fingerprint density at radius 3 is 2.67 bits per heavy atom. The third kappa shape index (κ3) is 3.55. The van der Waals surface area contributed by atoms with Crippen LogP contribution in [0.15, 0.2) is 24.3 Å². The van der Waals surface area contributed by atoms with Gasteiger partial charge < -0.3 is 0 Å². The van der Waals surface area contributed by atoms with E-state index in [1.54, 1.807) is 12.2 Å². The van der Waals surface area contributed by atoms with Crippen LogP contribution in [0, 0.1) is 16.7 Å². The molecule has 0 aromatic heterocycles. The van der Waals surface area contributed by atoms with Crippen LogP contribution in [0.25, 0.3) is 0 Å². The summed E-state index contributed by atoms with van der Waals surface area (Å²) in [6, 6.07) is 2.18. The first-order valence-corrected chi connectivity index (χ1v) is 7.53. The first-order chi connectivity index (χ1) is 8.67. The van der Waals surface area contributed by atoms with E-state index in [0.29, 0.717) is 6.42 Å². The molecule has 1 aliphatic rings. The third-order valence-electron chi connectivity index (χ3n) is 3.34. The smallest absolute Gasteiger partial charge is 0.158 e. The van der Waals surface area contributed by atoms with E-state index in [1.165, 1.54) is 19.3 Å². The first-order valence-electron chi connectivity index (χ1n) is 6.62. The number of Topliss-reactive ketones (excluding diaryl/α,β-unsaturated/α-hetero) is 1. The Morgan fingerprint density at radius 1 is 1.33 bits per heavy atom. The van der Waals surface area contributed by atoms with Crippen LogP contribution in [0.3, 0.4) is 0 Å². The molecule has 18 heavy (non-hydrogen) atoms. The molecule has 0 aliphatic heterocycles. The fourth-order valence-corrected chi connectivity index (χ4v) is 2.80. The SMILES string of the molecule is CCCCCCCC(=O)C1(C#N)C=CC=CC1Br. The highest BCUT2D eigenvalue weighted by Gasteiger charge is 2.41. The normalized spacial score (nSPS) is 25.9. The Labute approximate surface area is 118 Å². The van der Waals surface area contributed by atoms with Gasteiger partial charge in [-0.05, 0) is 6.42 Å². The summed E-state index contributed by atoms with van der Waals surface area (Å²) in [5.41, 5.74) is -1.00. The van der Waals surface area contributed by atoms with E-state index in [1.807, 2.05) is 12.2 Å². The van der Waals surface area contributed by atoms with E-state index in [4.69, 9.17) is 0 Å². The second kappa shape index (κ2) is 7.53. The van der Waals surface area contributed by atoms with E-state index < -0.39 is 5.41 Å². The molecule has 0 aromatic rings. The molecule has 0 bridgehead atoms. The average Bonchev–Trinajstić information content (AvgIpc) is 2.39. The number of carbonyl (C=O) groups excluding carboxylic acids is 1. The summed E-state index contributed by atoms with van der Waals surface area (Å²) in [6.07, 6.45) is 13.3. The monoisotopic (exact) mass is 309 g/mol. The van der Waals surface area contributed by atoms with E-state index in [9.17, 15) is 10.1 Å². The van der Waals surface area contributed by atoms with Gasteiger partial charge in [-0.25, -0.2) is 0 Å². The van der Waals surface area contributed by atoms with Crippen LogP contribution in [-0.4, -0.2) is 10.6 Å². The maximum Gasteiger partial charge on any atom is 0.158 e. The van der Waals surface area contributed by atoms with Crippen molar-refractivity contribution in [3.63, 3.8) is 0 Å². The largest absolute Gasteiger partial charge is 0.297 e. The highest BCUT2D eigenvalue weighted by atomic mass is 79.9. The highest BCUT2D eigenvalue weighted by molar-refractivity contribution is 9.09. The molecular formula is C15H20BrNO. The Balaban J connectivity index is 2.51. The standard InChI is InChI=1S/C15H20BrNO/c1-2-3-4-5-6-10-14(18)15(12-17)11-8-7-9-13(15)16/h7-9,11,13H,2-6,10H2,1H3. The van der Waals surface area contributed by atoms with Crippen molar-refractivity contribution in [3.05, 3.63) is 24.3 Å². The fourth-order valence-electron chi connectivity index (χ4n) is 2.12. The van der Waals surface area contributed by atoms with Crippen molar-refractivity contribution >= 4 is 21.7 Å². The number of ketones is 1. The zero-order chi connectivity index (χ0) is 13.4. The number of carbonyl (C=O) groups is 1.